The number of aryl methyl sites for hydroxylation is 1. The smallest absolute Gasteiger partial charge is 0.407 e. The number of ether oxygens (including phenoxy) is 2. The Hall–Kier alpha value is -2.22. The molecule has 0 bridgehead atoms. The number of carbonyl (C=O) groups excluding carboxylic acids is 1. The zero-order chi connectivity index (χ0) is 14.1. The SMILES string of the molecule is CCc1cc(COC(=O)NCCC#N)ccc1OC. The molecule has 19 heavy (non-hydrogen) atoms. The molecule has 0 saturated carbocycles. The molecule has 1 aromatic rings. The predicted octanol–water partition coefficient (Wildman–Crippen LogP) is 2.40. The lowest BCUT2D eigenvalue weighted by Gasteiger charge is -2.10. The number of methoxy groups -OCH3 is 1. The highest BCUT2D eigenvalue weighted by Gasteiger charge is 2.05. The quantitative estimate of drug-likeness (QED) is 0.799. The van der Waals surface area contributed by atoms with Crippen LogP contribution in [0, 0.1) is 11.3 Å². The van der Waals surface area contributed by atoms with Gasteiger partial charge in [-0.2, -0.15) is 5.26 Å². The Labute approximate surface area is 113 Å². The molecule has 0 radical (unpaired) electrons. The van der Waals surface area contributed by atoms with Crippen LogP contribution < -0.4 is 10.1 Å². The summed E-state index contributed by atoms with van der Waals surface area (Å²) in [6.07, 6.45) is 0.618. The van der Waals surface area contributed by atoms with Crippen LogP contribution in [0.15, 0.2) is 18.2 Å². The molecule has 0 heterocycles. The summed E-state index contributed by atoms with van der Waals surface area (Å²) in [5.41, 5.74) is 1.99. The van der Waals surface area contributed by atoms with Crippen molar-refractivity contribution in [2.24, 2.45) is 0 Å². The van der Waals surface area contributed by atoms with Crippen LogP contribution in [-0.2, 0) is 17.8 Å². The van der Waals surface area contributed by atoms with Gasteiger partial charge < -0.3 is 14.8 Å². The van der Waals surface area contributed by atoms with E-state index in [-0.39, 0.29) is 13.0 Å². The highest BCUT2D eigenvalue weighted by atomic mass is 16.5. The summed E-state index contributed by atoms with van der Waals surface area (Å²) < 4.78 is 10.3. The number of hydrogen-bond acceptors (Lipinski definition) is 4. The molecule has 0 unspecified atom stereocenters. The standard InChI is InChI=1S/C14H18N2O3/c1-3-12-9-11(5-6-13(12)18-2)10-19-14(17)16-8-4-7-15/h5-6,9H,3-4,8,10H2,1-2H3,(H,16,17). The van der Waals surface area contributed by atoms with Crippen molar-refractivity contribution in [2.45, 2.75) is 26.4 Å². The number of hydrogen-bond donors (Lipinski definition) is 1. The van der Waals surface area contributed by atoms with Gasteiger partial charge in [-0.25, -0.2) is 4.79 Å². The van der Waals surface area contributed by atoms with Crippen molar-refractivity contribution in [2.75, 3.05) is 13.7 Å². The van der Waals surface area contributed by atoms with Crippen molar-refractivity contribution in [3.8, 4) is 11.8 Å². The summed E-state index contributed by atoms with van der Waals surface area (Å²) in [6, 6.07) is 7.63. The molecule has 1 aromatic carbocycles. The number of rotatable bonds is 6. The largest absolute Gasteiger partial charge is 0.496 e. The molecule has 0 atom stereocenters. The first-order chi connectivity index (χ1) is 9.21. The third-order valence-corrected chi connectivity index (χ3v) is 2.60. The molecule has 5 nitrogen and oxygen atoms in total. The Morgan fingerprint density at radius 1 is 1.47 bits per heavy atom. The predicted molar refractivity (Wildman–Crippen MR) is 70.8 cm³/mol. The summed E-state index contributed by atoms with van der Waals surface area (Å²) in [4.78, 5) is 11.3. The van der Waals surface area contributed by atoms with Gasteiger partial charge in [0.2, 0.25) is 0 Å². The van der Waals surface area contributed by atoms with E-state index in [2.05, 4.69) is 5.32 Å². The maximum absolute atomic E-state index is 11.3. The molecule has 0 aliphatic heterocycles. The molecular formula is C14H18N2O3. The number of nitrogens with zero attached hydrogens (tertiary/aromatic N) is 1. The summed E-state index contributed by atoms with van der Waals surface area (Å²) in [7, 11) is 1.63. The van der Waals surface area contributed by atoms with Gasteiger partial charge in [0.05, 0.1) is 19.6 Å². The summed E-state index contributed by atoms with van der Waals surface area (Å²) in [5, 5.41) is 10.8. The third kappa shape index (κ3) is 4.88. The highest BCUT2D eigenvalue weighted by Crippen LogP contribution is 2.20. The first kappa shape index (κ1) is 14.8. The lowest BCUT2D eigenvalue weighted by Crippen LogP contribution is -2.24. The minimum absolute atomic E-state index is 0.204. The molecule has 1 N–H and O–H groups in total. The van der Waals surface area contributed by atoms with Crippen LogP contribution in [0.4, 0.5) is 4.79 Å². The van der Waals surface area contributed by atoms with Gasteiger partial charge in [0, 0.05) is 6.54 Å². The molecule has 0 fully saturated rings. The topological polar surface area (TPSA) is 71.3 Å². The zero-order valence-electron chi connectivity index (χ0n) is 11.2. The maximum Gasteiger partial charge on any atom is 0.407 e. The van der Waals surface area contributed by atoms with Crippen molar-refractivity contribution < 1.29 is 14.3 Å². The van der Waals surface area contributed by atoms with Gasteiger partial charge >= 0.3 is 6.09 Å². The van der Waals surface area contributed by atoms with Crippen LogP contribution in [0.2, 0.25) is 0 Å². The average Bonchev–Trinajstić information content (AvgIpc) is 2.45. The highest BCUT2D eigenvalue weighted by molar-refractivity contribution is 5.67. The Bertz CT molecular complexity index is 466. The van der Waals surface area contributed by atoms with Crippen LogP contribution in [0.3, 0.4) is 0 Å². The van der Waals surface area contributed by atoms with Gasteiger partial charge in [0.1, 0.15) is 12.4 Å². The van der Waals surface area contributed by atoms with Gasteiger partial charge in [0.15, 0.2) is 0 Å². The van der Waals surface area contributed by atoms with Crippen LogP contribution in [0.5, 0.6) is 5.75 Å². The fourth-order valence-corrected chi connectivity index (χ4v) is 1.62. The number of nitrogens with one attached hydrogen (secondary N) is 1. The van der Waals surface area contributed by atoms with E-state index < -0.39 is 6.09 Å². The van der Waals surface area contributed by atoms with Crippen molar-refractivity contribution in [3.05, 3.63) is 29.3 Å². The van der Waals surface area contributed by atoms with Crippen LogP contribution >= 0.6 is 0 Å². The molecule has 1 rings (SSSR count). The van der Waals surface area contributed by atoms with Gasteiger partial charge in [-0.3, -0.25) is 0 Å². The van der Waals surface area contributed by atoms with Crippen LogP contribution in [-0.4, -0.2) is 19.7 Å². The Morgan fingerprint density at radius 3 is 2.89 bits per heavy atom. The van der Waals surface area contributed by atoms with E-state index in [9.17, 15) is 4.79 Å². The summed E-state index contributed by atoms with van der Waals surface area (Å²) >= 11 is 0. The molecule has 0 aliphatic rings. The molecule has 0 saturated heterocycles. The number of amides is 1. The number of carbonyl (C=O) groups is 1. The van der Waals surface area contributed by atoms with E-state index in [4.69, 9.17) is 14.7 Å². The van der Waals surface area contributed by atoms with Crippen molar-refractivity contribution >= 4 is 6.09 Å². The van der Waals surface area contributed by atoms with E-state index in [1.807, 2.05) is 31.2 Å². The lowest BCUT2D eigenvalue weighted by atomic mass is 10.1. The first-order valence-electron chi connectivity index (χ1n) is 6.14. The van der Waals surface area contributed by atoms with Gasteiger partial charge in [-0.1, -0.05) is 13.0 Å². The molecular weight excluding hydrogens is 244 g/mol. The lowest BCUT2D eigenvalue weighted by molar-refractivity contribution is 0.140. The van der Waals surface area contributed by atoms with E-state index in [0.29, 0.717) is 6.54 Å². The molecule has 0 spiro atoms. The molecule has 1 amide bonds. The Balaban J connectivity index is 2.49. The minimum Gasteiger partial charge on any atom is -0.496 e. The van der Waals surface area contributed by atoms with Crippen molar-refractivity contribution in [3.63, 3.8) is 0 Å². The van der Waals surface area contributed by atoms with Crippen LogP contribution in [0.1, 0.15) is 24.5 Å². The van der Waals surface area contributed by atoms with Gasteiger partial charge in [-0.15, -0.1) is 0 Å². The molecule has 5 heteroatoms. The van der Waals surface area contributed by atoms with E-state index >= 15 is 0 Å². The van der Waals surface area contributed by atoms with Crippen molar-refractivity contribution in [1.29, 1.82) is 5.26 Å². The second kappa shape index (κ2) is 7.98. The van der Waals surface area contributed by atoms with Gasteiger partial charge in [-0.05, 0) is 29.7 Å². The monoisotopic (exact) mass is 262 g/mol. The second-order valence-corrected chi connectivity index (χ2v) is 3.91. The Kier molecular flexibility index (Phi) is 6.23. The number of alkyl carbamates (subject to hydrolysis) is 1. The van der Waals surface area contributed by atoms with Crippen molar-refractivity contribution in [1.82, 2.24) is 5.32 Å². The van der Waals surface area contributed by atoms with Gasteiger partial charge in [0.25, 0.3) is 0 Å². The fourth-order valence-electron chi connectivity index (χ4n) is 1.62. The molecule has 0 aromatic heterocycles. The summed E-state index contributed by atoms with van der Waals surface area (Å²) in [5.74, 6) is 0.838. The minimum atomic E-state index is -0.510. The normalized spacial score (nSPS) is 9.53. The number of benzene rings is 1. The number of nitriles is 1. The average molecular weight is 262 g/mol. The third-order valence-electron chi connectivity index (χ3n) is 2.60. The summed E-state index contributed by atoms with van der Waals surface area (Å²) in [6.45, 7) is 2.55. The first-order valence-corrected chi connectivity index (χ1v) is 6.14. The molecule has 102 valence electrons. The van der Waals surface area contributed by atoms with Crippen LogP contribution in [0.25, 0.3) is 0 Å². The second-order valence-electron chi connectivity index (χ2n) is 3.91. The fraction of sp³-hybridized carbons (Fsp3) is 0.429. The Morgan fingerprint density at radius 2 is 2.26 bits per heavy atom. The maximum atomic E-state index is 11.3. The van der Waals surface area contributed by atoms with E-state index in [1.54, 1.807) is 7.11 Å². The zero-order valence-corrected chi connectivity index (χ0v) is 11.2. The van der Waals surface area contributed by atoms with E-state index in [0.717, 1.165) is 23.3 Å². The molecule has 0 aliphatic carbocycles. The van der Waals surface area contributed by atoms with E-state index in [1.165, 1.54) is 0 Å².